The zero-order valence-electron chi connectivity index (χ0n) is 10.6. The van der Waals surface area contributed by atoms with Crippen molar-refractivity contribution in [3.8, 4) is 11.8 Å². The first-order chi connectivity index (χ1) is 9.42. The van der Waals surface area contributed by atoms with Crippen LogP contribution >= 0.6 is 11.3 Å². The number of hydrogen-bond acceptors (Lipinski definition) is 4. The highest BCUT2D eigenvalue weighted by atomic mass is 32.1. The van der Waals surface area contributed by atoms with Gasteiger partial charge in [0.2, 0.25) is 0 Å². The van der Waals surface area contributed by atoms with Gasteiger partial charge in [0.15, 0.2) is 0 Å². The normalized spacial score (nSPS) is 15.8. The third kappa shape index (κ3) is 3.19. The summed E-state index contributed by atoms with van der Waals surface area (Å²) in [6.07, 6.45) is 5.89. The van der Waals surface area contributed by atoms with Crippen molar-refractivity contribution < 1.29 is 0 Å². The van der Waals surface area contributed by atoms with E-state index in [0.717, 1.165) is 24.3 Å². The lowest BCUT2D eigenvalue weighted by Gasteiger charge is -2.20. The van der Waals surface area contributed by atoms with Crippen LogP contribution in [0.25, 0.3) is 0 Å². The van der Waals surface area contributed by atoms with Gasteiger partial charge in [-0.2, -0.15) is 0 Å². The monoisotopic (exact) mass is 269 g/mol. The molecule has 3 heterocycles. The van der Waals surface area contributed by atoms with E-state index in [9.17, 15) is 0 Å². The minimum absolute atomic E-state index is 0.611. The molecule has 3 rings (SSSR count). The molecule has 0 spiro atoms. The van der Waals surface area contributed by atoms with Crippen molar-refractivity contribution in [3.63, 3.8) is 0 Å². The highest BCUT2D eigenvalue weighted by molar-refractivity contribution is 7.09. The van der Waals surface area contributed by atoms with Crippen LogP contribution in [0.5, 0.6) is 0 Å². The molecule has 1 N–H and O–H groups in total. The average molecular weight is 269 g/mol. The van der Waals surface area contributed by atoms with Gasteiger partial charge in [-0.05, 0) is 44.0 Å². The lowest BCUT2D eigenvalue weighted by Crippen LogP contribution is -2.26. The number of hydrogen-bond donors (Lipinski definition) is 1. The van der Waals surface area contributed by atoms with Gasteiger partial charge in [0.05, 0.1) is 5.01 Å². The molecule has 96 valence electrons. The van der Waals surface area contributed by atoms with Crippen LogP contribution in [0.1, 0.15) is 35.0 Å². The summed E-state index contributed by atoms with van der Waals surface area (Å²) in [7, 11) is 0. The number of aromatic nitrogens is 2. The predicted molar refractivity (Wildman–Crippen MR) is 77.2 cm³/mol. The fourth-order valence-electron chi connectivity index (χ4n) is 2.17. The van der Waals surface area contributed by atoms with Crippen LogP contribution in [0.15, 0.2) is 29.9 Å². The van der Waals surface area contributed by atoms with Gasteiger partial charge in [-0.15, -0.1) is 11.3 Å². The van der Waals surface area contributed by atoms with Gasteiger partial charge >= 0.3 is 0 Å². The fourth-order valence-corrected chi connectivity index (χ4v) is 3.10. The van der Waals surface area contributed by atoms with Crippen molar-refractivity contribution in [2.45, 2.75) is 18.8 Å². The SMILES string of the molecule is C(#Cc1csc(C2CCNCC2)n1)c1cccnc1. The molecular formula is C15H15N3S. The van der Waals surface area contributed by atoms with E-state index in [4.69, 9.17) is 0 Å². The van der Waals surface area contributed by atoms with Crippen LogP contribution in [-0.4, -0.2) is 23.1 Å². The van der Waals surface area contributed by atoms with Gasteiger partial charge in [-0.3, -0.25) is 4.98 Å². The van der Waals surface area contributed by atoms with Crippen LogP contribution in [0.4, 0.5) is 0 Å². The zero-order valence-corrected chi connectivity index (χ0v) is 11.4. The van der Waals surface area contributed by atoms with E-state index in [0.29, 0.717) is 5.92 Å². The van der Waals surface area contributed by atoms with E-state index in [1.54, 1.807) is 23.7 Å². The minimum Gasteiger partial charge on any atom is -0.317 e. The molecule has 0 aliphatic carbocycles. The molecular weight excluding hydrogens is 254 g/mol. The molecule has 0 aromatic carbocycles. The van der Waals surface area contributed by atoms with Crippen LogP contribution in [0.2, 0.25) is 0 Å². The maximum Gasteiger partial charge on any atom is 0.124 e. The average Bonchev–Trinajstić information content (AvgIpc) is 2.96. The van der Waals surface area contributed by atoms with E-state index >= 15 is 0 Å². The summed E-state index contributed by atoms with van der Waals surface area (Å²) in [6.45, 7) is 2.20. The van der Waals surface area contributed by atoms with Gasteiger partial charge in [-0.1, -0.05) is 5.92 Å². The third-order valence-electron chi connectivity index (χ3n) is 3.21. The Kier molecular flexibility index (Phi) is 3.87. The second-order valence-electron chi connectivity index (χ2n) is 4.59. The summed E-state index contributed by atoms with van der Waals surface area (Å²) >= 11 is 1.73. The van der Waals surface area contributed by atoms with Gasteiger partial charge in [0.1, 0.15) is 5.69 Å². The van der Waals surface area contributed by atoms with Crippen molar-refractivity contribution in [1.82, 2.24) is 15.3 Å². The van der Waals surface area contributed by atoms with Crippen molar-refractivity contribution in [3.05, 3.63) is 46.2 Å². The van der Waals surface area contributed by atoms with Crippen molar-refractivity contribution >= 4 is 11.3 Å². The summed E-state index contributed by atoms with van der Waals surface area (Å²) < 4.78 is 0. The first-order valence-electron chi connectivity index (χ1n) is 6.50. The molecule has 0 bridgehead atoms. The first kappa shape index (κ1) is 12.3. The Balaban J connectivity index is 1.73. The van der Waals surface area contributed by atoms with E-state index in [1.165, 1.54) is 17.8 Å². The first-order valence-corrected chi connectivity index (χ1v) is 7.38. The number of nitrogens with zero attached hydrogens (tertiary/aromatic N) is 2. The number of nitrogens with one attached hydrogen (secondary N) is 1. The lowest BCUT2D eigenvalue weighted by molar-refractivity contribution is 0.459. The van der Waals surface area contributed by atoms with E-state index < -0.39 is 0 Å². The molecule has 1 fully saturated rings. The van der Waals surface area contributed by atoms with Crippen LogP contribution in [-0.2, 0) is 0 Å². The summed E-state index contributed by atoms with van der Waals surface area (Å²) in [5.41, 5.74) is 1.81. The van der Waals surface area contributed by atoms with Gasteiger partial charge in [-0.25, -0.2) is 4.98 Å². The standard InChI is InChI=1S/C15H15N3S/c1-2-12(10-17-7-1)3-4-14-11-19-15(18-14)13-5-8-16-9-6-13/h1-2,7,10-11,13,16H,5-6,8-9H2. The maximum absolute atomic E-state index is 4.65. The van der Waals surface area contributed by atoms with E-state index in [1.807, 2.05) is 12.1 Å². The van der Waals surface area contributed by atoms with Gasteiger partial charge in [0.25, 0.3) is 0 Å². The summed E-state index contributed by atoms with van der Waals surface area (Å²) in [5, 5.41) is 6.67. The second-order valence-corrected chi connectivity index (χ2v) is 5.48. The maximum atomic E-state index is 4.65. The number of pyridine rings is 1. The molecule has 0 unspecified atom stereocenters. The number of rotatable bonds is 1. The van der Waals surface area contributed by atoms with Crippen molar-refractivity contribution in [2.75, 3.05) is 13.1 Å². The van der Waals surface area contributed by atoms with Gasteiger partial charge in [0, 0.05) is 29.3 Å². The molecule has 2 aromatic heterocycles. The number of piperidine rings is 1. The Labute approximate surface area is 117 Å². The predicted octanol–water partition coefficient (Wildman–Crippen LogP) is 2.40. The Morgan fingerprint density at radius 1 is 1.26 bits per heavy atom. The van der Waals surface area contributed by atoms with Gasteiger partial charge < -0.3 is 5.32 Å². The molecule has 4 heteroatoms. The fraction of sp³-hybridized carbons (Fsp3) is 0.333. The quantitative estimate of drug-likeness (QED) is 0.808. The van der Waals surface area contributed by atoms with Crippen LogP contribution in [0.3, 0.4) is 0 Å². The van der Waals surface area contributed by atoms with E-state index in [-0.39, 0.29) is 0 Å². The lowest BCUT2D eigenvalue weighted by atomic mass is 9.99. The third-order valence-corrected chi connectivity index (χ3v) is 4.21. The molecule has 1 aliphatic rings. The van der Waals surface area contributed by atoms with Crippen LogP contribution in [0, 0.1) is 11.8 Å². The molecule has 1 aliphatic heterocycles. The highest BCUT2D eigenvalue weighted by Gasteiger charge is 2.17. The van der Waals surface area contributed by atoms with E-state index in [2.05, 4.69) is 32.5 Å². The topological polar surface area (TPSA) is 37.8 Å². The Hall–Kier alpha value is -1.70. The highest BCUT2D eigenvalue weighted by Crippen LogP contribution is 2.27. The Bertz CT molecular complexity index is 589. The summed E-state index contributed by atoms with van der Waals surface area (Å²) in [5.74, 6) is 6.82. The largest absolute Gasteiger partial charge is 0.317 e. The molecule has 1 saturated heterocycles. The smallest absolute Gasteiger partial charge is 0.124 e. The zero-order chi connectivity index (χ0) is 12.9. The molecule has 0 radical (unpaired) electrons. The Morgan fingerprint density at radius 2 is 2.16 bits per heavy atom. The van der Waals surface area contributed by atoms with Crippen molar-refractivity contribution in [1.29, 1.82) is 0 Å². The molecule has 0 atom stereocenters. The minimum atomic E-state index is 0.611. The molecule has 0 saturated carbocycles. The summed E-state index contributed by atoms with van der Waals surface area (Å²) in [6, 6.07) is 3.85. The molecule has 2 aromatic rings. The summed E-state index contributed by atoms with van der Waals surface area (Å²) in [4.78, 5) is 8.69. The number of thiazole rings is 1. The molecule has 0 amide bonds. The molecule has 19 heavy (non-hydrogen) atoms. The van der Waals surface area contributed by atoms with Crippen LogP contribution < -0.4 is 5.32 Å². The van der Waals surface area contributed by atoms with Crippen molar-refractivity contribution in [2.24, 2.45) is 0 Å². The second kappa shape index (κ2) is 5.96. The Morgan fingerprint density at radius 3 is 2.95 bits per heavy atom. The molecule has 3 nitrogen and oxygen atoms in total.